The van der Waals surface area contributed by atoms with E-state index in [4.69, 9.17) is 15.3 Å². The normalized spacial score (nSPS) is 12.2. The average molecular weight is 459 g/mol. The molecule has 10 heteroatoms. The van der Waals surface area contributed by atoms with E-state index < -0.39 is 30.4 Å². The van der Waals surface area contributed by atoms with Crippen molar-refractivity contribution in [2.75, 3.05) is 13.2 Å². The molecule has 1 atom stereocenters. The number of pyridine rings is 1. The van der Waals surface area contributed by atoms with E-state index >= 15 is 0 Å². The first kappa shape index (κ1) is 23.9. The van der Waals surface area contributed by atoms with Gasteiger partial charge in [0.2, 0.25) is 0 Å². The lowest BCUT2D eigenvalue weighted by molar-refractivity contribution is -0.137. The van der Waals surface area contributed by atoms with Gasteiger partial charge in [-0.1, -0.05) is 6.07 Å². The van der Waals surface area contributed by atoms with E-state index in [2.05, 4.69) is 10.3 Å². The van der Waals surface area contributed by atoms with Gasteiger partial charge in [0.25, 0.3) is 5.91 Å². The number of carbonyl (C=O) groups excluding carboxylic acids is 1. The van der Waals surface area contributed by atoms with Crippen LogP contribution in [0.1, 0.15) is 21.6 Å². The third kappa shape index (κ3) is 6.15. The summed E-state index contributed by atoms with van der Waals surface area (Å²) in [6.07, 6.45) is -5.01. The van der Waals surface area contributed by atoms with Crippen molar-refractivity contribution in [3.8, 4) is 22.8 Å². The number of halogens is 3. The molecule has 0 saturated heterocycles. The Kier molecular flexibility index (Phi) is 7.41. The predicted molar refractivity (Wildman–Crippen MR) is 115 cm³/mol. The van der Waals surface area contributed by atoms with Crippen LogP contribution >= 0.6 is 0 Å². The topological polar surface area (TPSA) is 116 Å². The molecular formula is C23H20F3N3O4. The number of amides is 1. The van der Waals surface area contributed by atoms with Gasteiger partial charge in [0.05, 0.1) is 24.0 Å². The highest BCUT2D eigenvalue weighted by Gasteiger charge is 2.33. The molecular weight excluding hydrogens is 439 g/mol. The summed E-state index contributed by atoms with van der Waals surface area (Å²) in [5.74, 6) is 0.00560. The number of rotatable bonds is 8. The van der Waals surface area contributed by atoms with Gasteiger partial charge in [-0.05, 0) is 54.6 Å². The van der Waals surface area contributed by atoms with E-state index in [9.17, 15) is 23.1 Å². The van der Waals surface area contributed by atoms with Crippen molar-refractivity contribution in [3.63, 3.8) is 0 Å². The molecule has 1 heterocycles. The molecule has 0 spiro atoms. The molecule has 0 aliphatic carbocycles. The number of aliphatic hydroxyl groups is 2. The highest BCUT2D eigenvalue weighted by Crippen LogP contribution is 2.34. The Labute approximate surface area is 187 Å². The van der Waals surface area contributed by atoms with E-state index in [0.29, 0.717) is 23.2 Å². The quantitative estimate of drug-likeness (QED) is 0.384. The number of carbonyl (C=O) groups is 1. The largest absolute Gasteiger partial charge is 0.457 e. The van der Waals surface area contributed by atoms with E-state index in [1.807, 2.05) is 0 Å². The minimum Gasteiger partial charge on any atom is -0.457 e. The van der Waals surface area contributed by atoms with Crippen LogP contribution in [0.15, 0.2) is 60.7 Å². The van der Waals surface area contributed by atoms with Gasteiger partial charge >= 0.3 is 6.18 Å². The highest BCUT2D eigenvalue weighted by atomic mass is 19.4. The first-order chi connectivity index (χ1) is 15.7. The summed E-state index contributed by atoms with van der Waals surface area (Å²) >= 11 is 0. The third-order valence-electron chi connectivity index (χ3n) is 4.56. The molecule has 0 bridgehead atoms. The fraction of sp³-hybridized carbons (Fsp3) is 0.174. The number of aliphatic hydroxyl groups excluding tert-OH is 2. The second-order valence-corrected chi connectivity index (χ2v) is 6.97. The standard InChI is InChI=1S/C23H20F3N3O4/c24-23(25,26)19-9-8-18(10-15(19)11-27)33-17-6-4-14(5-7-17)20-2-1-3-21(29-20)22(32)28-12-16(31)13-30/h1-11,16,27,30-31H,12-13H2,(H,28,32)/t16-/m0/s1. The molecule has 1 amide bonds. The molecule has 172 valence electrons. The lowest BCUT2D eigenvalue weighted by Gasteiger charge is -2.12. The van der Waals surface area contributed by atoms with Crippen LogP contribution in [0.4, 0.5) is 13.2 Å². The molecule has 7 nitrogen and oxygen atoms in total. The number of benzene rings is 2. The molecule has 33 heavy (non-hydrogen) atoms. The van der Waals surface area contributed by atoms with Crippen LogP contribution < -0.4 is 10.1 Å². The summed E-state index contributed by atoms with van der Waals surface area (Å²) in [5, 5.41) is 27.9. The maximum absolute atomic E-state index is 13.0. The molecule has 1 aromatic heterocycles. The van der Waals surface area contributed by atoms with Gasteiger partial charge in [-0.2, -0.15) is 13.2 Å². The minimum atomic E-state index is -4.57. The van der Waals surface area contributed by atoms with Crippen molar-refractivity contribution in [1.29, 1.82) is 5.41 Å². The molecule has 0 unspecified atom stereocenters. The van der Waals surface area contributed by atoms with Crippen LogP contribution in [0.25, 0.3) is 11.3 Å². The molecule has 2 aromatic carbocycles. The summed E-state index contributed by atoms with van der Waals surface area (Å²) in [5.41, 5.74) is 0.0721. The number of hydrogen-bond donors (Lipinski definition) is 4. The van der Waals surface area contributed by atoms with Crippen molar-refractivity contribution < 1.29 is 32.9 Å². The van der Waals surface area contributed by atoms with Gasteiger partial charge in [-0.3, -0.25) is 4.79 Å². The Bertz CT molecular complexity index is 1130. The zero-order valence-corrected chi connectivity index (χ0v) is 17.1. The van der Waals surface area contributed by atoms with Crippen molar-refractivity contribution in [2.45, 2.75) is 12.3 Å². The molecule has 0 radical (unpaired) electrons. The number of nitrogens with zero attached hydrogens (tertiary/aromatic N) is 1. The van der Waals surface area contributed by atoms with Crippen molar-refractivity contribution in [1.82, 2.24) is 10.3 Å². The van der Waals surface area contributed by atoms with Gasteiger partial charge in [-0.15, -0.1) is 0 Å². The molecule has 0 fully saturated rings. The van der Waals surface area contributed by atoms with Gasteiger partial charge in [0.1, 0.15) is 17.2 Å². The lowest BCUT2D eigenvalue weighted by atomic mass is 10.1. The number of ether oxygens (including phenoxy) is 1. The second kappa shape index (κ2) is 10.2. The molecule has 4 N–H and O–H groups in total. The summed E-state index contributed by atoms with van der Waals surface area (Å²) in [6.45, 7) is -0.589. The fourth-order valence-corrected chi connectivity index (χ4v) is 2.90. The molecule has 0 saturated carbocycles. The van der Waals surface area contributed by atoms with Gasteiger partial charge < -0.3 is 25.7 Å². The highest BCUT2D eigenvalue weighted by molar-refractivity contribution is 5.92. The Morgan fingerprint density at radius 1 is 1.12 bits per heavy atom. The summed E-state index contributed by atoms with van der Waals surface area (Å²) in [7, 11) is 0. The van der Waals surface area contributed by atoms with Gasteiger partial charge in [-0.25, -0.2) is 4.98 Å². The van der Waals surface area contributed by atoms with Crippen LogP contribution in [-0.2, 0) is 6.18 Å². The van der Waals surface area contributed by atoms with Gasteiger partial charge in [0, 0.05) is 23.9 Å². The van der Waals surface area contributed by atoms with Crippen molar-refractivity contribution in [2.24, 2.45) is 0 Å². The van der Waals surface area contributed by atoms with Crippen molar-refractivity contribution in [3.05, 3.63) is 77.5 Å². The minimum absolute atomic E-state index is 0.114. The smallest absolute Gasteiger partial charge is 0.417 e. The Hall–Kier alpha value is -3.76. The maximum atomic E-state index is 13.0. The molecule has 3 aromatic rings. The average Bonchev–Trinajstić information content (AvgIpc) is 2.82. The summed E-state index contributed by atoms with van der Waals surface area (Å²) < 4.78 is 44.5. The van der Waals surface area contributed by atoms with Crippen LogP contribution in [-0.4, -0.2) is 46.6 Å². The first-order valence-corrected chi connectivity index (χ1v) is 9.75. The molecule has 0 aliphatic heterocycles. The van der Waals surface area contributed by atoms with Crippen LogP contribution in [0, 0.1) is 5.41 Å². The lowest BCUT2D eigenvalue weighted by Crippen LogP contribution is -2.34. The summed E-state index contributed by atoms with van der Waals surface area (Å²) in [6, 6.07) is 14.6. The van der Waals surface area contributed by atoms with E-state index in [1.165, 1.54) is 12.1 Å². The third-order valence-corrected chi connectivity index (χ3v) is 4.56. The Morgan fingerprint density at radius 3 is 2.45 bits per heavy atom. The monoisotopic (exact) mass is 459 g/mol. The van der Waals surface area contributed by atoms with E-state index in [0.717, 1.165) is 12.1 Å². The number of hydrogen-bond acceptors (Lipinski definition) is 6. The maximum Gasteiger partial charge on any atom is 0.417 e. The van der Waals surface area contributed by atoms with Crippen molar-refractivity contribution >= 4 is 12.1 Å². The van der Waals surface area contributed by atoms with E-state index in [1.54, 1.807) is 36.4 Å². The second-order valence-electron chi connectivity index (χ2n) is 6.97. The number of nitrogens with one attached hydrogen (secondary N) is 2. The number of alkyl halides is 3. The Balaban J connectivity index is 1.73. The molecule has 3 rings (SSSR count). The zero-order chi connectivity index (χ0) is 24.0. The first-order valence-electron chi connectivity index (χ1n) is 9.75. The molecule has 0 aliphatic rings. The van der Waals surface area contributed by atoms with Crippen LogP contribution in [0.3, 0.4) is 0 Å². The summed E-state index contributed by atoms with van der Waals surface area (Å²) in [4.78, 5) is 16.5. The fourth-order valence-electron chi connectivity index (χ4n) is 2.90. The Morgan fingerprint density at radius 2 is 1.82 bits per heavy atom. The van der Waals surface area contributed by atoms with Crippen LogP contribution in [0.5, 0.6) is 11.5 Å². The number of aromatic nitrogens is 1. The van der Waals surface area contributed by atoms with Crippen LogP contribution in [0.2, 0.25) is 0 Å². The van der Waals surface area contributed by atoms with Gasteiger partial charge in [0.15, 0.2) is 0 Å². The van der Waals surface area contributed by atoms with E-state index in [-0.39, 0.29) is 23.6 Å². The zero-order valence-electron chi connectivity index (χ0n) is 17.1. The SMILES string of the molecule is N=Cc1cc(Oc2ccc(-c3cccc(C(=O)NC[C@H](O)CO)n3)cc2)ccc1C(F)(F)F. The predicted octanol–water partition coefficient (Wildman–Crippen LogP) is 3.64.